The largest absolute Gasteiger partial charge is 0.396 e. The summed E-state index contributed by atoms with van der Waals surface area (Å²) in [4.78, 5) is 0. The molecule has 0 unspecified atom stereocenters. The van der Waals surface area contributed by atoms with E-state index in [9.17, 15) is 5.11 Å². The zero-order valence-electron chi connectivity index (χ0n) is 11.9. The molecule has 0 aromatic rings. The number of rotatable bonds is 2. The van der Waals surface area contributed by atoms with Crippen LogP contribution in [0.1, 0.15) is 59.8 Å². The Balaban J connectivity index is 2.37. The molecule has 2 aliphatic rings. The predicted molar refractivity (Wildman–Crippen MR) is 72.8 cm³/mol. The Labute approximate surface area is 106 Å². The third-order valence-corrected chi connectivity index (χ3v) is 6.24. The molecule has 0 aromatic carbocycles. The number of allylic oxidation sites excluding steroid dienone is 2. The Morgan fingerprint density at radius 1 is 1.35 bits per heavy atom. The molecule has 0 spiro atoms. The minimum atomic E-state index is 0.331. The van der Waals surface area contributed by atoms with Crippen molar-refractivity contribution in [3.63, 3.8) is 0 Å². The van der Waals surface area contributed by atoms with Crippen molar-refractivity contribution >= 4 is 0 Å². The number of hydrogen-bond donors (Lipinski definition) is 1. The van der Waals surface area contributed by atoms with Crippen LogP contribution in [0, 0.1) is 22.7 Å². The van der Waals surface area contributed by atoms with Crippen LogP contribution in [0.15, 0.2) is 11.6 Å². The molecule has 1 heteroatoms. The van der Waals surface area contributed by atoms with Crippen LogP contribution in [0.25, 0.3) is 0 Å². The highest BCUT2D eigenvalue weighted by atomic mass is 16.3. The average molecular weight is 236 g/mol. The van der Waals surface area contributed by atoms with Crippen LogP contribution in [0.4, 0.5) is 0 Å². The highest BCUT2D eigenvalue weighted by Gasteiger charge is 2.52. The summed E-state index contributed by atoms with van der Waals surface area (Å²) < 4.78 is 0. The van der Waals surface area contributed by atoms with Crippen LogP contribution in [-0.2, 0) is 0 Å². The first kappa shape index (κ1) is 13.1. The Hall–Kier alpha value is -0.300. The van der Waals surface area contributed by atoms with Crippen LogP contribution >= 0.6 is 0 Å². The summed E-state index contributed by atoms with van der Waals surface area (Å²) >= 11 is 0. The third-order valence-electron chi connectivity index (χ3n) is 6.24. The minimum Gasteiger partial charge on any atom is -0.396 e. The second kappa shape index (κ2) is 4.42. The molecule has 0 bridgehead atoms. The average Bonchev–Trinajstić information content (AvgIpc) is 2.28. The summed E-state index contributed by atoms with van der Waals surface area (Å²) in [5, 5.41) is 9.43. The predicted octanol–water partition coefficient (Wildman–Crippen LogP) is 4.17. The number of hydrogen-bond acceptors (Lipinski definition) is 1. The molecule has 0 aliphatic heterocycles. The van der Waals surface area contributed by atoms with E-state index < -0.39 is 0 Å². The first-order chi connectivity index (χ1) is 7.95. The van der Waals surface area contributed by atoms with Gasteiger partial charge in [0, 0.05) is 6.61 Å². The first-order valence-electron chi connectivity index (χ1n) is 7.23. The second-order valence-electron chi connectivity index (χ2n) is 6.85. The number of aliphatic hydroxyl groups is 1. The molecule has 4 atom stereocenters. The normalized spacial score (nSPS) is 46.3. The van der Waals surface area contributed by atoms with Crippen molar-refractivity contribution in [2.75, 3.05) is 6.61 Å². The van der Waals surface area contributed by atoms with E-state index in [1.807, 2.05) is 0 Å². The molecule has 1 fully saturated rings. The lowest BCUT2D eigenvalue weighted by Gasteiger charge is -2.58. The zero-order valence-corrected chi connectivity index (χ0v) is 11.9. The van der Waals surface area contributed by atoms with Gasteiger partial charge in [0.25, 0.3) is 0 Å². The van der Waals surface area contributed by atoms with Crippen molar-refractivity contribution < 1.29 is 5.11 Å². The van der Waals surface area contributed by atoms with Crippen molar-refractivity contribution in [2.45, 2.75) is 59.8 Å². The monoisotopic (exact) mass is 236 g/mol. The molecule has 1 saturated carbocycles. The van der Waals surface area contributed by atoms with Crippen LogP contribution in [0.2, 0.25) is 0 Å². The molecule has 0 radical (unpaired) electrons. The molecule has 0 heterocycles. The van der Waals surface area contributed by atoms with Gasteiger partial charge in [-0.05, 0) is 61.7 Å². The fraction of sp³-hybridized carbons (Fsp3) is 0.875. The van der Waals surface area contributed by atoms with Crippen LogP contribution in [-0.4, -0.2) is 11.7 Å². The summed E-state index contributed by atoms with van der Waals surface area (Å²) in [6.45, 7) is 9.94. The van der Waals surface area contributed by atoms with Crippen molar-refractivity contribution in [3.8, 4) is 0 Å². The summed E-state index contributed by atoms with van der Waals surface area (Å²) in [5.41, 5.74) is 2.33. The van der Waals surface area contributed by atoms with Gasteiger partial charge in [0.05, 0.1) is 0 Å². The van der Waals surface area contributed by atoms with Gasteiger partial charge in [-0.25, -0.2) is 0 Å². The molecule has 2 rings (SSSR count). The highest BCUT2D eigenvalue weighted by molar-refractivity contribution is 5.20. The molecule has 0 aromatic heterocycles. The topological polar surface area (TPSA) is 20.2 Å². The Morgan fingerprint density at radius 3 is 2.71 bits per heavy atom. The molecule has 1 nitrogen and oxygen atoms in total. The highest BCUT2D eigenvalue weighted by Crippen LogP contribution is 2.61. The lowest BCUT2D eigenvalue weighted by molar-refractivity contribution is -0.0548. The van der Waals surface area contributed by atoms with Gasteiger partial charge in [0.2, 0.25) is 0 Å². The fourth-order valence-corrected chi connectivity index (χ4v) is 4.57. The molecule has 98 valence electrons. The summed E-state index contributed by atoms with van der Waals surface area (Å²) in [6, 6.07) is 0. The summed E-state index contributed by atoms with van der Waals surface area (Å²) in [7, 11) is 0. The van der Waals surface area contributed by atoms with Gasteiger partial charge in [-0.1, -0.05) is 32.4 Å². The Morgan fingerprint density at radius 2 is 2.06 bits per heavy atom. The maximum Gasteiger partial charge on any atom is 0.0436 e. The van der Waals surface area contributed by atoms with Gasteiger partial charge in [-0.15, -0.1) is 0 Å². The quantitative estimate of drug-likeness (QED) is 0.714. The van der Waals surface area contributed by atoms with E-state index >= 15 is 0 Å². The Kier molecular flexibility index (Phi) is 3.42. The maximum atomic E-state index is 9.43. The van der Waals surface area contributed by atoms with E-state index in [4.69, 9.17) is 0 Å². The van der Waals surface area contributed by atoms with Crippen LogP contribution < -0.4 is 0 Å². The van der Waals surface area contributed by atoms with Crippen molar-refractivity contribution in [1.29, 1.82) is 0 Å². The van der Waals surface area contributed by atoms with Crippen molar-refractivity contribution in [2.24, 2.45) is 22.7 Å². The van der Waals surface area contributed by atoms with Crippen molar-refractivity contribution in [1.82, 2.24) is 0 Å². The number of fused-ring (bicyclic) bond motifs is 1. The molecule has 0 amide bonds. The van der Waals surface area contributed by atoms with Gasteiger partial charge in [-0.2, -0.15) is 0 Å². The second-order valence-corrected chi connectivity index (χ2v) is 6.85. The molecular weight excluding hydrogens is 208 g/mol. The van der Waals surface area contributed by atoms with Crippen LogP contribution in [0.5, 0.6) is 0 Å². The van der Waals surface area contributed by atoms with Gasteiger partial charge in [0.15, 0.2) is 0 Å². The smallest absolute Gasteiger partial charge is 0.0436 e. The summed E-state index contributed by atoms with van der Waals surface area (Å²) in [6.07, 6.45) is 8.62. The van der Waals surface area contributed by atoms with Gasteiger partial charge in [0.1, 0.15) is 0 Å². The molecule has 0 saturated heterocycles. The molecule has 1 N–H and O–H groups in total. The van der Waals surface area contributed by atoms with E-state index in [-0.39, 0.29) is 0 Å². The van der Waals surface area contributed by atoms with Gasteiger partial charge >= 0.3 is 0 Å². The molecular formula is C16H28O. The fourth-order valence-electron chi connectivity index (χ4n) is 4.57. The minimum absolute atomic E-state index is 0.331. The number of aliphatic hydroxyl groups excluding tert-OH is 1. The maximum absolute atomic E-state index is 9.43. The van der Waals surface area contributed by atoms with Gasteiger partial charge < -0.3 is 5.11 Å². The van der Waals surface area contributed by atoms with Crippen molar-refractivity contribution in [3.05, 3.63) is 11.6 Å². The summed E-state index contributed by atoms with van der Waals surface area (Å²) in [5.74, 6) is 1.51. The molecule has 2 aliphatic carbocycles. The van der Waals surface area contributed by atoms with E-state index in [1.54, 1.807) is 5.57 Å². The first-order valence-corrected chi connectivity index (χ1v) is 7.23. The lowest BCUT2D eigenvalue weighted by Crippen LogP contribution is -2.50. The molecule has 17 heavy (non-hydrogen) atoms. The third kappa shape index (κ3) is 1.87. The van der Waals surface area contributed by atoms with E-state index in [2.05, 4.69) is 33.8 Å². The van der Waals surface area contributed by atoms with E-state index in [1.165, 1.54) is 25.7 Å². The SMILES string of the molecule is CC1=CCC[C@H]2[C@](C)(CCO)[C@@H](C)CC[C@@]12C. The van der Waals surface area contributed by atoms with E-state index in [0.29, 0.717) is 17.4 Å². The van der Waals surface area contributed by atoms with Crippen LogP contribution in [0.3, 0.4) is 0 Å². The lowest BCUT2D eigenvalue weighted by atomic mass is 9.47. The zero-order chi connectivity index (χ0) is 12.7. The standard InChI is InChI=1S/C16H28O/c1-12-6-5-7-14-15(12,3)9-8-13(2)16(14,4)10-11-17/h6,13-14,17H,5,7-11H2,1-4H3/t13-,14+,15-,16+/m0/s1. The van der Waals surface area contributed by atoms with E-state index in [0.717, 1.165) is 18.3 Å². The van der Waals surface area contributed by atoms with Gasteiger partial charge in [-0.3, -0.25) is 0 Å². The Bertz CT molecular complexity index is 319.